The molecule has 0 aromatic carbocycles. The van der Waals surface area contributed by atoms with E-state index in [0.29, 0.717) is 12.0 Å². The Balaban J connectivity index is 1.55. The van der Waals surface area contributed by atoms with E-state index in [1.54, 1.807) is 0 Å². The molecule has 2 N–H and O–H groups in total. The molecule has 2 rings (SSSR count). The van der Waals surface area contributed by atoms with Crippen molar-refractivity contribution in [3.8, 4) is 0 Å². The second-order valence-electron chi connectivity index (χ2n) is 5.93. The highest BCUT2D eigenvalue weighted by atomic mass is 32.2. The molecule has 2 aliphatic rings. The van der Waals surface area contributed by atoms with Crippen molar-refractivity contribution in [2.75, 3.05) is 18.8 Å². The zero-order valence-corrected chi connectivity index (χ0v) is 12.2. The maximum absolute atomic E-state index is 11.8. The fourth-order valence-electron chi connectivity index (χ4n) is 2.18. The quantitative estimate of drug-likeness (QED) is 0.595. The van der Waals surface area contributed by atoms with Crippen molar-refractivity contribution in [3.05, 3.63) is 0 Å². The molecule has 0 aromatic heterocycles. The normalized spacial score (nSPS) is 22.1. The van der Waals surface area contributed by atoms with Crippen molar-refractivity contribution in [3.63, 3.8) is 0 Å². The van der Waals surface area contributed by atoms with Gasteiger partial charge < -0.3 is 5.32 Å². The van der Waals surface area contributed by atoms with Gasteiger partial charge in [0, 0.05) is 12.6 Å². The lowest BCUT2D eigenvalue weighted by Crippen LogP contribution is -2.32. The second kappa shape index (κ2) is 5.88. The summed E-state index contributed by atoms with van der Waals surface area (Å²) in [5, 5.41) is 3.40. The van der Waals surface area contributed by atoms with E-state index in [-0.39, 0.29) is 5.75 Å². The van der Waals surface area contributed by atoms with Crippen LogP contribution < -0.4 is 10.0 Å². The van der Waals surface area contributed by atoms with E-state index in [9.17, 15) is 8.42 Å². The van der Waals surface area contributed by atoms with E-state index in [4.69, 9.17) is 0 Å². The van der Waals surface area contributed by atoms with E-state index in [1.807, 2.05) is 0 Å². The number of hydrogen-bond acceptors (Lipinski definition) is 3. The first-order chi connectivity index (χ1) is 8.55. The van der Waals surface area contributed by atoms with Crippen LogP contribution in [0.5, 0.6) is 0 Å². The molecule has 0 bridgehead atoms. The highest BCUT2D eigenvalue weighted by Gasteiger charge is 2.41. The van der Waals surface area contributed by atoms with Gasteiger partial charge in [0.15, 0.2) is 0 Å². The van der Waals surface area contributed by atoms with E-state index < -0.39 is 10.0 Å². The third-order valence-electron chi connectivity index (χ3n) is 4.22. The Morgan fingerprint density at radius 2 is 1.94 bits per heavy atom. The predicted octanol–water partition coefficient (Wildman–Crippen LogP) is 1.63. The lowest BCUT2D eigenvalue weighted by atomic mass is 10.1. The Morgan fingerprint density at radius 3 is 2.50 bits per heavy atom. The van der Waals surface area contributed by atoms with Crippen molar-refractivity contribution in [2.24, 2.45) is 5.41 Å². The summed E-state index contributed by atoms with van der Waals surface area (Å²) in [6.45, 7) is 3.75. The highest BCUT2D eigenvalue weighted by molar-refractivity contribution is 7.89. The fraction of sp³-hybridized carbons (Fsp3) is 1.00. The van der Waals surface area contributed by atoms with E-state index in [1.165, 1.54) is 25.7 Å². The van der Waals surface area contributed by atoms with Gasteiger partial charge in [0.2, 0.25) is 10.0 Å². The molecule has 2 fully saturated rings. The minimum atomic E-state index is -3.05. The molecule has 0 amide bonds. The summed E-state index contributed by atoms with van der Waals surface area (Å²) in [6, 6.07) is 0.721. The van der Waals surface area contributed by atoms with Crippen molar-refractivity contribution in [1.82, 2.24) is 10.0 Å². The van der Waals surface area contributed by atoms with Crippen LogP contribution in [0.2, 0.25) is 0 Å². The molecule has 2 aliphatic carbocycles. The van der Waals surface area contributed by atoms with Crippen molar-refractivity contribution in [2.45, 2.75) is 57.9 Å². The van der Waals surface area contributed by atoms with Crippen molar-refractivity contribution >= 4 is 10.0 Å². The van der Waals surface area contributed by atoms with Gasteiger partial charge in [0.25, 0.3) is 0 Å². The summed E-state index contributed by atoms with van der Waals surface area (Å²) in [6.07, 6.45) is 7.73. The van der Waals surface area contributed by atoms with Crippen LogP contribution in [0.25, 0.3) is 0 Å². The first kappa shape index (κ1) is 14.3. The monoisotopic (exact) mass is 274 g/mol. The van der Waals surface area contributed by atoms with Crippen molar-refractivity contribution in [1.29, 1.82) is 0 Å². The molecular weight excluding hydrogens is 248 g/mol. The lowest BCUT2D eigenvalue weighted by molar-refractivity contribution is 0.475. The molecule has 0 unspecified atom stereocenters. The molecule has 18 heavy (non-hydrogen) atoms. The molecule has 2 saturated carbocycles. The molecule has 0 aromatic rings. The molecule has 0 spiro atoms. The lowest BCUT2D eigenvalue weighted by Gasteiger charge is -2.13. The number of rotatable bonds is 10. The standard InChI is InChI=1S/C13H26N2O2S/c1-2-13(7-8-13)11-15-18(16,17)10-4-3-9-14-12-5-6-12/h12,14-15H,2-11H2,1H3. The Bertz CT molecular complexity index is 359. The molecule has 5 heteroatoms. The summed E-state index contributed by atoms with van der Waals surface area (Å²) in [4.78, 5) is 0. The maximum atomic E-state index is 11.8. The van der Waals surface area contributed by atoms with Gasteiger partial charge in [-0.25, -0.2) is 13.1 Å². The van der Waals surface area contributed by atoms with Crippen LogP contribution in [-0.2, 0) is 10.0 Å². The van der Waals surface area contributed by atoms with Crippen LogP contribution in [-0.4, -0.2) is 33.3 Å². The zero-order chi connectivity index (χ0) is 13.1. The maximum Gasteiger partial charge on any atom is 0.211 e. The van der Waals surface area contributed by atoms with Gasteiger partial charge in [-0.05, 0) is 56.9 Å². The molecule has 0 heterocycles. The van der Waals surface area contributed by atoms with Crippen LogP contribution in [0.1, 0.15) is 51.9 Å². The molecule has 0 saturated heterocycles. The topological polar surface area (TPSA) is 58.2 Å². The van der Waals surface area contributed by atoms with Crippen LogP contribution in [0, 0.1) is 5.41 Å². The summed E-state index contributed by atoms with van der Waals surface area (Å²) in [5.74, 6) is 0.277. The molecule has 4 nitrogen and oxygen atoms in total. The van der Waals surface area contributed by atoms with Gasteiger partial charge >= 0.3 is 0 Å². The third kappa shape index (κ3) is 4.86. The fourth-order valence-corrected chi connectivity index (χ4v) is 3.43. The summed E-state index contributed by atoms with van der Waals surface area (Å²) < 4.78 is 26.4. The SMILES string of the molecule is CCC1(CNS(=O)(=O)CCCCNC2CC2)CC1. The number of hydrogen-bond donors (Lipinski definition) is 2. The first-order valence-corrected chi connectivity index (χ1v) is 8.91. The summed E-state index contributed by atoms with van der Waals surface area (Å²) in [5.41, 5.74) is 0.292. The number of nitrogens with one attached hydrogen (secondary N) is 2. The Morgan fingerprint density at radius 1 is 1.22 bits per heavy atom. The smallest absolute Gasteiger partial charge is 0.211 e. The van der Waals surface area contributed by atoms with Gasteiger partial charge in [-0.15, -0.1) is 0 Å². The average molecular weight is 274 g/mol. The predicted molar refractivity (Wildman–Crippen MR) is 74.0 cm³/mol. The molecule has 106 valence electrons. The second-order valence-corrected chi connectivity index (χ2v) is 7.86. The van der Waals surface area contributed by atoms with Crippen LogP contribution in [0.15, 0.2) is 0 Å². The van der Waals surface area contributed by atoms with E-state index in [2.05, 4.69) is 17.0 Å². The average Bonchev–Trinajstić information content (AvgIpc) is 3.22. The Hall–Kier alpha value is -0.130. The zero-order valence-electron chi connectivity index (χ0n) is 11.4. The van der Waals surface area contributed by atoms with Gasteiger partial charge in [-0.3, -0.25) is 0 Å². The van der Waals surface area contributed by atoms with E-state index in [0.717, 1.165) is 31.8 Å². The largest absolute Gasteiger partial charge is 0.314 e. The van der Waals surface area contributed by atoms with Gasteiger partial charge in [-0.2, -0.15) is 0 Å². The Labute approximate surface area is 111 Å². The number of unbranched alkanes of at least 4 members (excludes halogenated alkanes) is 1. The molecule has 0 atom stereocenters. The minimum Gasteiger partial charge on any atom is -0.314 e. The van der Waals surface area contributed by atoms with Gasteiger partial charge in [0.1, 0.15) is 0 Å². The molecule has 0 radical (unpaired) electrons. The van der Waals surface area contributed by atoms with Gasteiger partial charge in [0.05, 0.1) is 5.75 Å². The first-order valence-electron chi connectivity index (χ1n) is 7.26. The number of sulfonamides is 1. The highest BCUT2D eigenvalue weighted by Crippen LogP contribution is 2.47. The third-order valence-corrected chi connectivity index (χ3v) is 5.63. The molecular formula is C13H26N2O2S. The van der Waals surface area contributed by atoms with Crippen molar-refractivity contribution < 1.29 is 8.42 Å². The Kier molecular flexibility index (Phi) is 4.67. The van der Waals surface area contributed by atoms with Gasteiger partial charge in [-0.1, -0.05) is 6.92 Å². The summed E-state index contributed by atoms with van der Waals surface area (Å²) in [7, 11) is -3.05. The minimum absolute atomic E-state index is 0.277. The van der Waals surface area contributed by atoms with Crippen LogP contribution >= 0.6 is 0 Å². The molecule has 0 aliphatic heterocycles. The van der Waals surface area contributed by atoms with Crippen LogP contribution in [0.3, 0.4) is 0 Å². The summed E-state index contributed by atoms with van der Waals surface area (Å²) >= 11 is 0. The van der Waals surface area contributed by atoms with Crippen LogP contribution in [0.4, 0.5) is 0 Å². The van der Waals surface area contributed by atoms with E-state index >= 15 is 0 Å².